The lowest BCUT2D eigenvalue weighted by molar-refractivity contribution is 0.112. The van der Waals surface area contributed by atoms with E-state index in [4.69, 9.17) is 5.11 Å². The molecule has 14 heavy (non-hydrogen) atoms. The van der Waals surface area contributed by atoms with E-state index in [1.807, 2.05) is 6.07 Å². The van der Waals surface area contributed by atoms with E-state index >= 15 is 0 Å². The summed E-state index contributed by atoms with van der Waals surface area (Å²) in [5, 5.41) is 19.3. The van der Waals surface area contributed by atoms with Crippen LogP contribution in [0.25, 0.3) is 10.1 Å². The summed E-state index contributed by atoms with van der Waals surface area (Å²) in [6.07, 6.45) is 0.704. The van der Waals surface area contributed by atoms with Gasteiger partial charge in [-0.15, -0.1) is 11.3 Å². The second kappa shape index (κ2) is 3.40. The van der Waals surface area contributed by atoms with E-state index in [0.29, 0.717) is 22.1 Å². The zero-order valence-electron chi connectivity index (χ0n) is 7.23. The summed E-state index contributed by atoms with van der Waals surface area (Å²) in [5.74, 6) is 0.107. The molecule has 2 aromatic rings. The van der Waals surface area contributed by atoms with Gasteiger partial charge in [0.2, 0.25) is 0 Å². The van der Waals surface area contributed by atoms with Crippen LogP contribution < -0.4 is 0 Å². The minimum Gasteiger partial charge on any atom is -0.507 e. The lowest BCUT2D eigenvalue weighted by Crippen LogP contribution is -1.85. The predicted octanol–water partition coefficient (Wildman–Crippen LogP) is 1.91. The van der Waals surface area contributed by atoms with Crippen LogP contribution in [0, 0.1) is 0 Å². The molecule has 0 bridgehead atoms. The van der Waals surface area contributed by atoms with Crippen molar-refractivity contribution in [3.8, 4) is 5.75 Å². The van der Waals surface area contributed by atoms with Crippen molar-refractivity contribution >= 4 is 27.7 Å². The number of thiophene rings is 1. The first kappa shape index (κ1) is 9.18. The van der Waals surface area contributed by atoms with Gasteiger partial charge < -0.3 is 10.2 Å². The number of fused-ring (bicyclic) bond motifs is 1. The Kier molecular flexibility index (Phi) is 2.23. The molecular formula is C10H8O3S. The lowest BCUT2D eigenvalue weighted by Gasteiger charge is -1.97. The summed E-state index contributed by atoms with van der Waals surface area (Å²) in [6.45, 7) is -0.231. The fourth-order valence-electron chi connectivity index (χ4n) is 1.46. The first-order valence-corrected chi connectivity index (χ1v) is 4.89. The molecule has 2 N–H and O–H groups in total. The predicted molar refractivity (Wildman–Crippen MR) is 54.8 cm³/mol. The molecule has 0 aliphatic carbocycles. The smallest absolute Gasteiger partial charge is 0.160 e. The summed E-state index contributed by atoms with van der Waals surface area (Å²) >= 11 is 1.27. The van der Waals surface area contributed by atoms with E-state index in [-0.39, 0.29) is 12.4 Å². The molecule has 0 saturated carbocycles. The monoisotopic (exact) mass is 208 g/mol. The Hall–Kier alpha value is -1.39. The molecule has 1 heterocycles. The molecule has 3 nitrogen and oxygen atoms in total. The lowest BCUT2D eigenvalue weighted by atomic mass is 10.1. The van der Waals surface area contributed by atoms with Crippen molar-refractivity contribution in [3.05, 3.63) is 28.6 Å². The molecule has 4 heteroatoms. The number of carbonyl (C=O) groups is 1. The van der Waals surface area contributed by atoms with Crippen molar-refractivity contribution in [2.75, 3.05) is 0 Å². The molecular weight excluding hydrogens is 200 g/mol. The van der Waals surface area contributed by atoms with Gasteiger partial charge in [-0.3, -0.25) is 4.79 Å². The Morgan fingerprint density at radius 1 is 1.43 bits per heavy atom. The average molecular weight is 208 g/mol. The van der Waals surface area contributed by atoms with Crippen LogP contribution in [0.2, 0.25) is 0 Å². The fraction of sp³-hybridized carbons (Fsp3) is 0.100. The molecule has 0 spiro atoms. The molecule has 72 valence electrons. The zero-order chi connectivity index (χ0) is 10.1. The SMILES string of the molecule is O=Cc1sc2cccc(O)c2c1CO. The van der Waals surface area contributed by atoms with Crippen LogP contribution in [0.5, 0.6) is 5.75 Å². The Balaban J connectivity index is 2.88. The first-order chi connectivity index (χ1) is 6.77. The molecule has 0 fully saturated rings. The third-order valence-electron chi connectivity index (χ3n) is 2.09. The van der Waals surface area contributed by atoms with Crippen LogP contribution in [-0.2, 0) is 6.61 Å². The van der Waals surface area contributed by atoms with Gasteiger partial charge in [0.25, 0.3) is 0 Å². The molecule has 0 amide bonds. The second-order valence-corrected chi connectivity index (χ2v) is 3.95. The third-order valence-corrected chi connectivity index (χ3v) is 3.21. The van der Waals surface area contributed by atoms with Gasteiger partial charge in [0, 0.05) is 15.6 Å². The second-order valence-electron chi connectivity index (χ2n) is 2.87. The van der Waals surface area contributed by atoms with Gasteiger partial charge in [0.1, 0.15) is 5.75 Å². The standard InChI is InChI=1S/C10H8O3S/c11-4-6-9(5-12)14-8-3-1-2-7(13)10(6)8/h1-3,5,11,13H,4H2. The van der Waals surface area contributed by atoms with E-state index in [1.165, 1.54) is 11.3 Å². The molecule has 1 aromatic heterocycles. The molecule has 0 atom stereocenters. The maximum atomic E-state index is 10.7. The van der Waals surface area contributed by atoms with E-state index in [0.717, 1.165) is 4.70 Å². The highest BCUT2D eigenvalue weighted by Crippen LogP contribution is 2.35. The van der Waals surface area contributed by atoms with Crippen LogP contribution >= 0.6 is 11.3 Å². The number of carbonyl (C=O) groups excluding carboxylic acids is 1. The number of phenolic OH excluding ortho intramolecular Hbond substituents is 1. The van der Waals surface area contributed by atoms with Crippen molar-refractivity contribution in [1.29, 1.82) is 0 Å². The minimum absolute atomic E-state index is 0.107. The normalized spacial score (nSPS) is 10.6. The number of hydrogen-bond acceptors (Lipinski definition) is 4. The van der Waals surface area contributed by atoms with Crippen molar-refractivity contribution in [2.45, 2.75) is 6.61 Å². The molecule has 0 aliphatic rings. The van der Waals surface area contributed by atoms with Gasteiger partial charge in [0.05, 0.1) is 11.5 Å². The van der Waals surface area contributed by atoms with E-state index < -0.39 is 0 Å². The number of aliphatic hydroxyl groups excluding tert-OH is 1. The van der Waals surface area contributed by atoms with E-state index in [9.17, 15) is 9.90 Å². The van der Waals surface area contributed by atoms with E-state index in [1.54, 1.807) is 12.1 Å². The maximum absolute atomic E-state index is 10.7. The van der Waals surface area contributed by atoms with Gasteiger partial charge in [-0.05, 0) is 12.1 Å². The number of rotatable bonds is 2. The average Bonchev–Trinajstić information content (AvgIpc) is 2.56. The Labute approximate surface area is 84.2 Å². The number of phenols is 1. The molecule has 0 aliphatic heterocycles. The number of aromatic hydroxyl groups is 1. The van der Waals surface area contributed by atoms with Crippen LogP contribution in [0.3, 0.4) is 0 Å². The summed E-state index contributed by atoms with van der Waals surface area (Å²) in [5.41, 5.74) is 0.512. The van der Waals surface area contributed by atoms with Crippen molar-refractivity contribution in [1.82, 2.24) is 0 Å². The maximum Gasteiger partial charge on any atom is 0.160 e. The van der Waals surface area contributed by atoms with Gasteiger partial charge in [-0.2, -0.15) is 0 Å². The first-order valence-electron chi connectivity index (χ1n) is 4.07. The van der Waals surface area contributed by atoms with Crippen molar-refractivity contribution in [2.24, 2.45) is 0 Å². The Morgan fingerprint density at radius 3 is 2.86 bits per heavy atom. The number of aliphatic hydroxyl groups is 1. The van der Waals surface area contributed by atoms with E-state index in [2.05, 4.69) is 0 Å². The molecule has 2 rings (SSSR count). The Morgan fingerprint density at radius 2 is 2.21 bits per heavy atom. The van der Waals surface area contributed by atoms with Crippen LogP contribution in [0.15, 0.2) is 18.2 Å². The molecule has 0 radical (unpaired) electrons. The van der Waals surface area contributed by atoms with Crippen molar-refractivity contribution in [3.63, 3.8) is 0 Å². The summed E-state index contributed by atoms with van der Waals surface area (Å²) < 4.78 is 0.816. The summed E-state index contributed by atoms with van der Waals surface area (Å²) in [7, 11) is 0. The molecule has 0 unspecified atom stereocenters. The van der Waals surface area contributed by atoms with Gasteiger partial charge in [-0.25, -0.2) is 0 Å². The molecule has 0 saturated heterocycles. The molecule has 1 aromatic carbocycles. The highest BCUT2D eigenvalue weighted by molar-refractivity contribution is 7.20. The van der Waals surface area contributed by atoms with Crippen LogP contribution in [0.4, 0.5) is 0 Å². The highest BCUT2D eigenvalue weighted by atomic mass is 32.1. The summed E-state index contributed by atoms with van der Waals surface area (Å²) in [6, 6.07) is 5.07. The van der Waals surface area contributed by atoms with Gasteiger partial charge in [0.15, 0.2) is 6.29 Å². The van der Waals surface area contributed by atoms with Crippen molar-refractivity contribution < 1.29 is 15.0 Å². The van der Waals surface area contributed by atoms with Gasteiger partial charge in [-0.1, -0.05) is 6.07 Å². The quantitative estimate of drug-likeness (QED) is 0.741. The number of benzene rings is 1. The van der Waals surface area contributed by atoms with Crippen LogP contribution in [-0.4, -0.2) is 16.5 Å². The third kappa shape index (κ3) is 1.20. The van der Waals surface area contributed by atoms with Gasteiger partial charge >= 0.3 is 0 Å². The zero-order valence-corrected chi connectivity index (χ0v) is 8.04. The highest BCUT2D eigenvalue weighted by Gasteiger charge is 2.13. The fourth-order valence-corrected chi connectivity index (χ4v) is 2.51. The van der Waals surface area contributed by atoms with Crippen LogP contribution in [0.1, 0.15) is 15.2 Å². The summed E-state index contributed by atoms with van der Waals surface area (Å²) in [4.78, 5) is 11.2. The number of aldehydes is 1. The topological polar surface area (TPSA) is 57.5 Å². The largest absolute Gasteiger partial charge is 0.507 e. The minimum atomic E-state index is -0.231. The number of hydrogen-bond donors (Lipinski definition) is 2. The Bertz CT molecular complexity index is 487.